The summed E-state index contributed by atoms with van der Waals surface area (Å²) in [4.78, 5) is 12.6. The minimum atomic E-state index is -0.882. The summed E-state index contributed by atoms with van der Waals surface area (Å²) in [6, 6.07) is 1.47. The van der Waals surface area contributed by atoms with Gasteiger partial charge in [0, 0.05) is 29.6 Å². The first kappa shape index (κ1) is 19.0. The third kappa shape index (κ3) is 3.24. The van der Waals surface area contributed by atoms with Crippen molar-refractivity contribution in [2.45, 2.75) is 75.4 Å². The number of amides is 2. The summed E-state index contributed by atoms with van der Waals surface area (Å²) in [5.41, 5.74) is 4.24. The van der Waals surface area contributed by atoms with Gasteiger partial charge in [-0.2, -0.15) is 0 Å². The molecule has 0 radical (unpaired) electrons. The lowest BCUT2D eigenvalue weighted by Gasteiger charge is -2.26. The second kappa shape index (κ2) is 7.06. The molecule has 0 spiro atoms. The lowest BCUT2D eigenvalue weighted by Crippen LogP contribution is -2.25. The largest absolute Gasteiger partial charge is 0.453 e. The molecule has 0 saturated heterocycles. The molecule has 5 rings (SSSR count). The van der Waals surface area contributed by atoms with Gasteiger partial charge in [0.2, 0.25) is 0 Å². The van der Waals surface area contributed by atoms with Gasteiger partial charge in [-0.15, -0.1) is 0 Å². The fourth-order valence-electron chi connectivity index (χ4n) is 5.10. The van der Waals surface area contributed by atoms with Crippen molar-refractivity contribution in [3.05, 3.63) is 45.5 Å². The Kier molecular flexibility index (Phi) is 4.62. The molecular formula is C22H25FN2O3S. The molecule has 0 bridgehead atoms. The fraction of sp³-hybridized carbons (Fsp3) is 0.500. The van der Waals surface area contributed by atoms with Gasteiger partial charge in [-0.25, -0.2) is 9.18 Å². The van der Waals surface area contributed by atoms with E-state index in [1.165, 1.54) is 0 Å². The van der Waals surface area contributed by atoms with Gasteiger partial charge in [-0.05, 0) is 86.6 Å². The predicted molar refractivity (Wildman–Crippen MR) is 110 cm³/mol. The molecule has 1 heterocycles. The molecule has 29 heavy (non-hydrogen) atoms. The van der Waals surface area contributed by atoms with Crippen LogP contribution in [-0.4, -0.2) is 11.1 Å². The first-order valence-corrected chi connectivity index (χ1v) is 11.2. The van der Waals surface area contributed by atoms with Gasteiger partial charge in [0.25, 0.3) is 0 Å². The number of urea groups is 1. The number of anilines is 1. The van der Waals surface area contributed by atoms with Gasteiger partial charge in [0.15, 0.2) is 5.09 Å². The number of aryl methyl sites for hydroxylation is 1. The summed E-state index contributed by atoms with van der Waals surface area (Å²) < 4.78 is 23.4. The molecule has 2 amide bonds. The number of aliphatic hydroxyl groups is 1. The number of hydrogen-bond acceptors (Lipinski definition) is 4. The number of rotatable bonds is 3. The van der Waals surface area contributed by atoms with Crippen molar-refractivity contribution < 1.29 is 18.7 Å². The predicted octanol–water partition coefficient (Wildman–Crippen LogP) is 4.77. The zero-order valence-corrected chi connectivity index (χ0v) is 17.3. The first-order valence-electron chi connectivity index (χ1n) is 10.4. The number of halogens is 1. The first-order chi connectivity index (χ1) is 13.9. The van der Waals surface area contributed by atoms with Gasteiger partial charge >= 0.3 is 6.03 Å². The van der Waals surface area contributed by atoms with Crippen LogP contribution in [-0.2, 0) is 37.7 Å². The van der Waals surface area contributed by atoms with E-state index in [1.54, 1.807) is 6.92 Å². The SMILES string of the molecule is CC1(O)CCCc2oc(SNC(=O)Nc3c4c(c(F)c5c3CCC5)CCC4)cc21. The van der Waals surface area contributed by atoms with E-state index in [2.05, 4.69) is 10.0 Å². The van der Waals surface area contributed by atoms with Crippen LogP contribution < -0.4 is 10.0 Å². The molecule has 7 heteroatoms. The Bertz CT molecular complexity index is 963. The van der Waals surface area contributed by atoms with Gasteiger partial charge in [-0.3, -0.25) is 4.72 Å². The van der Waals surface area contributed by atoms with Gasteiger partial charge in [-0.1, -0.05) is 0 Å². The molecule has 3 aliphatic carbocycles. The molecule has 2 aromatic rings. The maximum Gasteiger partial charge on any atom is 0.329 e. The number of hydrogen-bond donors (Lipinski definition) is 3. The van der Waals surface area contributed by atoms with Crippen molar-refractivity contribution >= 4 is 23.7 Å². The smallest absolute Gasteiger partial charge is 0.329 e. The van der Waals surface area contributed by atoms with E-state index in [-0.39, 0.29) is 11.8 Å². The second-order valence-electron chi connectivity index (χ2n) is 8.50. The van der Waals surface area contributed by atoms with E-state index in [4.69, 9.17) is 4.42 Å². The lowest BCUT2D eigenvalue weighted by atomic mass is 9.85. The maximum atomic E-state index is 14.8. The summed E-state index contributed by atoms with van der Waals surface area (Å²) in [5, 5.41) is 14.1. The Morgan fingerprint density at radius 2 is 1.76 bits per heavy atom. The van der Waals surface area contributed by atoms with Crippen molar-refractivity contribution in [2.24, 2.45) is 0 Å². The minimum Gasteiger partial charge on any atom is -0.453 e. The summed E-state index contributed by atoms with van der Waals surface area (Å²) in [6.45, 7) is 1.80. The number of benzene rings is 1. The van der Waals surface area contributed by atoms with E-state index >= 15 is 0 Å². The Labute approximate surface area is 173 Å². The number of carbonyl (C=O) groups is 1. The molecule has 1 unspecified atom stereocenters. The zero-order valence-electron chi connectivity index (χ0n) is 16.5. The lowest BCUT2D eigenvalue weighted by molar-refractivity contribution is 0.0362. The van der Waals surface area contributed by atoms with Crippen LogP contribution in [0.15, 0.2) is 15.6 Å². The molecule has 5 nitrogen and oxygen atoms in total. The average Bonchev–Trinajstić information content (AvgIpc) is 3.42. The molecule has 3 aliphatic rings. The molecule has 1 atom stereocenters. The normalized spacial score (nSPS) is 22.2. The quantitative estimate of drug-likeness (QED) is 0.630. The summed E-state index contributed by atoms with van der Waals surface area (Å²) in [6.07, 6.45) is 7.35. The number of furan rings is 1. The molecule has 0 saturated carbocycles. The highest BCUT2D eigenvalue weighted by Gasteiger charge is 2.33. The molecule has 154 valence electrons. The third-order valence-corrected chi connectivity index (χ3v) is 7.18. The van der Waals surface area contributed by atoms with E-state index < -0.39 is 5.60 Å². The Balaban J connectivity index is 1.32. The van der Waals surface area contributed by atoms with Crippen LogP contribution in [0, 0.1) is 5.82 Å². The van der Waals surface area contributed by atoms with Crippen LogP contribution >= 0.6 is 11.9 Å². The fourth-order valence-corrected chi connectivity index (χ4v) is 5.66. The minimum absolute atomic E-state index is 0.0430. The highest BCUT2D eigenvalue weighted by Crippen LogP contribution is 2.41. The summed E-state index contributed by atoms with van der Waals surface area (Å²) >= 11 is 1.10. The van der Waals surface area contributed by atoms with Crippen LogP contribution in [0.1, 0.15) is 66.2 Å². The van der Waals surface area contributed by atoms with E-state index in [0.29, 0.717) is 11.5 Å². The van der Waals surface area contributed by atoms with Gasteiger partial charge in [0.05, 0.1) is 5.60 Å². The number of carbonyl (C=O) groups excluding carboxylic acids is 1. The Morgan fingerprint density at radius 1 is 1.10 bits per heavy atom. The van der Waals surface area contributed by atoms with Gasteiger partial charge in [0.1, 0.15) is 11.6 Å². The molecule has 3 N–H and O–H groups in total. The molecule has 0 aliphatic heterocycles. The molecular weight excluding hydrogens is 391 g/mol. The van der Waals surface area contributed by atoms with E-state index in [1.807, 2.05) is 6.07 Å². The van der Waals surface area contributed by atoms with Crippen LogP contribution in [0.4, 0.5) is 14.9 Å². The maximum absolute atomic E-state index is 14.8. The van der Waals surface area contributed by atoms with Crippen LogP contribution in [0.2, 0.25) is 0 Å². The van der Waals surface area contributed by atoms with E-state index in [0.717, 1.165) is 103 Å². The van der Waals surface area contributed by atoms with Crippen LogP contribution in [0.3, 0.4) is 0 Å². The summed E-state index contributed by atoms with van der Waals surface area (Å²) in [7, 11) is 0. The highest BCUT2D eigenvalue weighted by molar-refractivity contribution is 7.97. The van der Waals surface area contributed by atoms with Crippen molar-refractivity contribution in [3.8, 4) is 0 Å². The standard InChI is InChI=1S/C22H25FN2O3S/c1-22(27)10-4-9-17-16(22)11-18(28-17)29-25-21(26)24-20-14-7-2-5-12(14)19(23)13-6-3-8-15(13)20/h11,27H,2-10H2,1H3,(H2,24,25,26). The molecule has 0 fully saturated rings. The van der Waals surface area contributed by atoms with Crippen molar-refractivity contribution in [3.63, 3.8) is 0 Å². The van der Waals surface area contributed by atoms with Crippen molar-refractivity contribution in [2.75, 3.05) is 5.32 Å². The second-order valence-corrected chi connectivity index (χ2v) is 9.31. The van der Waals surface area contributed by atoms with Crippen LogP contribution in [0.5, 0.6) is 0 Å². The third-order valence-electron chi connectivity index (χ3n) is 6.49. The zero-order chi connectivity index (χ0) is 20.2. The summed E-state index contributed by atoms with van der Waals surface area (Å²) in [5.74, 6) is 0.749. The van der Waals surface area contributed by atoms with Crippen molar-refractivity contribution in [1.29, 1.82) is 0 Å². The highest BCUT2D eigenvalue weighted by atomic mass is 32.2. The monoisotopic (exact) mass is 416 g/mol. The topological polar surface area (TPSA) is 74.5 Å². The van der Waals surface area contributed by atoms with Crippen molar-refractivity contribution in [1.82, 2.24) is 4.72 Å². The number of nitrogens with one attached hydrogen (secondary N) is 2. The Morgan fingerprint density at radius 3 is 2.41 bits per heavy atom. The van der Waals surface area contributed by atoms with E-state index in [9.17, 15) is 14.3 Å². The molecule has 1 aromatic heterocycles. The average molecular weight is 417 g/mol. The molecule has 1 aromatic carbocycles. The Hall–Kier alpha value is -1.99. The number of fused-ring (bicyclic) bond motifs is 3. The van der Waals surface area contributed by atoms with Crippen LogP contribution in [0.25, 0.3) is 0 Å². The van der Waals surface area contributed by atoms with Gasteiger partial charge < -0.3 is 14.8 Å².